The van der Waals surface area contributed by atoms with Crippen molar-refractivity contribution < 1.29 is 9.47 Å². The predicted octanol–water partition coefficient (Wildman–Crippen LogP) is 11.7. The average molecular weight is 747 g/mol. The van der Waals surface area contributed by atoms with Crippen LogP contribution in [-0.2, 0) is 5.41 Å². The van der Waals surface area contributed by atoms with Gasteiger partial charge in [0.15, 0.2) is 17.2 Å². The number of benzene rings is 4. The quantitative estimate of drug-likeness (QED) is 0.176. The molecular weight excluding hydrogens is 717 g/mol. The Morgan fingerprint density at radius 1 is 0.414 bits per heavy atom. The van der Waals surface area contributed by atoms with Crippen molar-refractivity contribution in [3.8, 4) is 67.9 Å². The lowest BCUT2D eigenvalue weighted by Gasteiger charge is -2.41. The fourth-order valence-corrected chi connectivity index (χ4v) is 9.11. The Labute approximate surface area is 333 Å². The molecule has 2 aliphatic heterocycles. The Morgan fingerprint density at radius 3 is 1.91 bits per heavy atom. The summed E-state index contributed by atoms with van der Waals surface area (Å²) in [6.45, 7) is 0. The predicted molar refractivity (Wildman–Crippen MR) is 224 cm³/mol. The number of hydrogen-bond acceptors (Lipinski definition) is 8. The molecule has 272 valence electrons. The van der Waals surface area contributed by atoms with Gasteiger partial charge in [-0.3, -0.25) is 19.9 Å². The van der Waals surface area contributed by atoms with E-state index in [0.29, 0.717) is 17.2 Å². The van der Waals surface area contributed by atoms with Gasteiger partial charge in [0.1, 0.15) is 5.75 Å². The van der Waals surface area contributed by atoms with Crippen molar-refractivity contribution >= 4 is 17.1 Å². The van der Waals surface area contributed by atoms with E-state index in [1.807, 2.05) is 97.7 Å². The van der Waals surface area contributed by atoms with Crippen LogP contribution in [0.3, 0.4) is 0 Å². The van der Waals surface area contributed by atoms with Crippen molar-refractivity contribution in [1.29, 1.82) is 0 Å². The lowest BCUT2D eigenvalue weighted by atomic mass is 9.66. The van der Waals surface area contributed by atoms with Gasteiger partial charge in [-0.1, -0.05) is 72.8 Å². The number of para-hydroxylation sites is 3. The average Bonchev–Trinajstić information content (AvgIpc) is 3.58. The van der Waals surface area contributed by atoms with E-state index in [0.717, 1.165) is 90.0 Å². The van der Waals surface area contributed by atoms with Crippen LogP contribution in [0.25, 0.3) is 44.9 Å². The van der Waals surface area contributed by atoms with Gasteiger partial charge in [-0.25, -0.2) is 4.98 Å². The third-order valence-corrected chi connectivity index (χ3v) is 11.5. The van der Waals surface area contributed by atoms with E-state index in [1.54, 1.807) is 12.4 Å². The molecule has 1 atom stereocenters. The maximum atomic E-state index is 7.05. The molecular formula is C50H30N6O2. The monoisotopic (exact) mass is 746 g/mol. The van der Waals surface area contributed by atoms with Gasteiger partial charge in [-0.05, 0) is 94.5 Å². The van der Waals surface area contributed by atoms with Crippen LogP contribution < -0.4 is 14.4 Å². The van der Waals surface area contributed by atoms with Crippen molar-refractivity contribution in [3.05, 3.63) is 205 Å². The summed E-state index contributed by atoms with van der Waals surface area (Å²) in [6, 6.07) is 47.8. The highest BCUT2D eigenvalue weighted by atomic mass is 16.5. The van der Waals surface area contributed by atoms with Crippen molar-refractivity contribution in [2.24, 2.45) is 0 Å². The topological polar surface area (TPSA) is 86.2 Å². The first-order chi connectivity index (χ1) is 28.8. The minimum Gasteiger partial charge on any atom is -0.453 e. The Hall–Kier alpha value is -7.97. The van der Waals surface area contributed by atoms with Crippen molar-refractivity contribution in [2.75, 3.05) is 4.90 Å². The maximum absolute atomic E-state index is 7.05. The molecule has 9 aromatic rings. The number of anilines is 3. The number of pyridine rings is 5. The summed E-state index contributed by atoms with van der Waals surface area (Å²) in [7, 11) is 0. The molecule has 1 aliphatic carbocycles. The lowest BCUT2D eigenvalue weighted by molar-refractivity contribution is 0.391. The summed E-state index contributed by atoms with van der Waals surface area (Å²) in [5, 5.41) is 0. The zero-order valence-electron chi connectivity index (χ0n) is 30.8. The van der Waals surface area contributed by atoms with Gasteiger partial charge in [-0.15, -0.1) is 0 Å². The number of ether oxygens (including phenoxy) is 2. The van der Waals surface area contributed by atoms with E-state index >= 15 is 0 Å². The standard InChI is InChI=1S/C50H30N6O2/c1-2-9-34(33(8-1)31-19-25-51-26-20-31)40-17-15-38-47(55-40)46-37(11-7-24-54-46)50(38)36-10-3-5-13-44(36)57-48-39(50)16-18-43-49(48)58-45-14-6-4-12-42(45)56(43)41-23-29-53-30-35(41)32-21-27-52-28-22-32/h1-30H. The molecule has 1 unspecified atom stereocenters. The van der Waals surface area contributed by atoms with Gasteiger partial charge in [0.25, 0.3) is 0 Å². The Morgan fingerprint density at radius 2 is 1.07 bits per heavy atom. The third-order valence-electron chi connectivity index (χ3n) is 11.5. The molecule has 0 saturated carbocycles. The van der Waals surface area contributed by atoms with Gasteiger partial charge in [0.2, 0.25) is 0 Å². The normalized spacial score (nSPS) is 15.2. The second-order valence-corrected chi connectivity index (χ2v) is 14.4. The lowest BCUT2D eigenvalue weighted by Crippen LogP contribution is -2.33. The Kier molecular flexibility index (Phi) is 6.97. The zero-order valence-corrected chi connectivity index (χ0v) is 30.8. The molecule has 12 rings (SSSR count). The molecule has 0 bridgehead atoms. The Bertz CT molecular complexity index is 3100. The SMILES string of the molecule is c1ccc2c(c1)Oc1c(ccc3c1Oc1ccccc1C31c3cccnc3-c3nc(-c4ccccc4-c4ccncc4)ccc31)N2c1ccncc1-c1ccncc1. The van der Waals surface area contributed by atoms with E-state index in [1.165, 1.54) is 0 Å². The molecule has 8 nitrogen and oxygen atoms in total. The molecule has 7 heterocycles. The van der Waals surface area contributed by atoms with Crippen LogP contribution in [0.2, 0.25) is 0 Å². The number of fused-ring (bicyclic) bond motifs is 12. The van der Waals surface area contributed by atoms with E-state index in [2.05, 4.69) is 92.6 Å². The minimum atomic E-state index is -0.807. The number of aromatic nitrogens is 5. The molecule has 3 aliphatic rings. The molecule has 58 heavy (non-hydrogen) atoms. The van der Waals surface area contributed by atoms with Crippen LogP contribution in [0.1, 0.15) is 22.3 Å². The Balaban J connectivity index is 1.11. The molecule has 8 heteroatoms. The summed E-state index contributed by atoms with van der Waals surface area (Å²) >= 11 is 0. The number of nitrogens with zero attached hydrogens (tertiary/aromatic N) is 6. The van der Waals surface area contributed by atoms with E-state index in [4.69, 9.17) is 19.4 Å². The van der Waals surface area contributed by atoms with E-state index < -0.39 is 5.41 Å². The van der Waals surface area contributed by atoms with Gasteiger partial charge >= 0.3 is 0 Å². The highest BCUT2D eigenvalue weighted by molar-refractivity contribution is 5.96. The fraction of sp³-hybridized carbons (Fsp3) is 0.0200. The van der Waals surface area contributed by atoms with Crippen LogP contribution in [0, 0.1) is 0 Å². The zero-order chi connectivity index (χ0) is 38.2. The minimum absolute atomic E-state index is 0.623. The van der Waals surface area contributed by atoms with Crippen molar-refractivity contribution in [2.45, 2.75) is 5.41 Å². The fourth-order valence-electron chi connectivity index (χ4n) is 9.11. The highest BCUT2D eigenvalue weighted by Crippen LogP contribution is 2.66. The van der Waals surface area contributed by atoms with Gasteiger partial charge < -0.3 is 14.4 Å². The first-order valence-electron chi connectivity index (χ1n) is 19.1. The number of rotatable bonds is 4. The van der Waals surface area contributed by atoms with Crippen molar-refractivity contribution in [3.63, 3.8) is 0 Å². The van der Waals surface area contributed by atoms with Gasteiger partial charge in [0.05, 0.1) is 39.6 Å². The second kappa shape index (κ2) is 12.5. The summed E-state index contributed by atoms with van der Waals surface area (Å²) in [4.78, 5) is 25.9. The largest absolute Gasteiger partial charge is 0.453 e. The molecule has 0 saturated heterocycles. The second-order valence-electron chi connectivity index (χ2n) is 14.4. The van der Waals surface area contributed by atoms with Crippen LogP contribution in [-0.4, -0.2) is 24.9 Å². The maximum Gasteiger partial charge on any atom is 0.194 e. The molecule has 0 fully saturated rings. The smallest absolute Gasteiger partial charge is 0.194 e. The summed E-state index contributed by atoms with van der Waals surface area (Å²) in [5.41, 5.74) is 13.7. The molecule has 5 aromatic heterocycles. The summed E-state index contributed by atoms with van der Waals surface area (Å²) in [5.74, 6) is 2.72. The molecule has 0 amide bonds. The van der Waals surface area contributed by atoms with Crippen molar-refractivity contribution in [1.82, 2.24) is 24.9 Å². The van der Waals surface area contributed by atoms with Crippen LogP contribution in [0.15, 0.2) is 183 Å². The molecule has 1 spiro atoms. The number of hydrogen-bond donors (Lipinski definition) is 0. The summed E-state index contributed by atoms with van der Waals surface area (Å²) in [6.07, 6.45) is 12.8. The highest BCUT2D eigenvalue weighted by Gasteiger charge is 2.54. The van der Waals surface area contributed by atoms with Gasteiger partial charge in [0, 0.05) is 65.6 Å². The third kappa shape index (κ3) is 4.54. The molecule has 0 radical (unpaired) electrons. The summed E-state index contributed by atoms with van der Waals surface area (Å²) < 4.78 is 14.0. The van der Waals surface area contributed by atoms with E-state index in [-0.39, 0.29) is 0 Å². The van der Waals surface area contributed by atoms with E-state index in [9.17, 15) is 0 Å². The first-order valence-corrected chi connectivity index (χ1v) is 19.1. The van der Waals surface area contributed by atoms with Crippen LogP contribution >= 0.6 is 0 Å². The van der Waals surface area contributed by atoms with Crippen LogP contribution in [0.4, 0.5) is 17.1 Å². The van der Waals surface area contributed by atoms with Gasteiger partial charge in [-0.2, -0.15) is 0 Å². The molecule has 0 N–H and O–H groups in total. The first kappa shape index (κ1) is 32.3. The molecule has 4 aromatic carbocycles. The van der Waals surface area contributed by atoms with Crippen LogP contribution in [0.5, 0.6) is 23.0 Å².